The lowest BCUT2D eigenvalue weighted by molar-refractivity contribution is 0.211. The van der Waals surface area contributed by atoms with Crippen molar-refractivity contribution in [3.05, 3.63) is 35.4 Å². The van der Waals surface area contributed by atoms with Gasteiger partial charge in [-0.25, -0.2) is 4.57 Å². The second-order valence-corrected chi connectivity index (χ2v) is 6.30. The Balaban J connectivity index is 2.67. The topological polar surface area (TPSA) is 65.0 Å². The van der Waals surface area contributed by atoms with Gasteiger partial charge in [0.05, 0.1) is 0 Å². The lowest BCUT2D eigenvalue weighted by atomic mass is 10.0. The van der Waals surface area contributed by atoms with Gasteiger partial charge in [0.2, 0.25) is 0 Å². The van der Waals surface area contributed by atoms with Gasteiger partial charge in [0.1, 0.15) is 11.5 Å². The Labute approximate surface area is 117 Å². The standard InChI is InChI=1S/C14H17O5P/c1-9-5-6-11-12(7-9)13(15)8-10(2)14(11)19-20(16,17-3)18-4/h5-8,15H,1-4H3. The number of phosphoric acid groups is 1. The summed E-state index contributed by atoms with van der Waals surface area (Å²) in [5, 5.41) is 11.3. The molecule has 0 aromatic heterocycles. The fourth-order valence-corrected chi connectivity index (χ4v) is 2.77. The fraction of sp³-hybridized carbons (Fsp3) is 0.286. The van der Waals surface area contributed by atoms with Crippen molar-refractivity contribution in [1.29, 1.82) is 0 Å². The molecule has 0 fully saturated rings. The number of hydrogen-bond donors (Lipinski definition) is 1. The molecule has 0 aliphatic carbocycles. The largest absolute Gasteiger partial charge is 0.529 e. The van der Waals surface area contributed by atoms with Crippen molar-refractivity contribution >= 4 is 18.6 Å². The molecule has 0 spiro atoms. The van der Waals surface area contributed by atoms with E-state index in [1.165, 1.54) is 14.2 Å². The van der Waals surface area contributed by atoms with Crippen LogP contribution in [0.3, 0.4) is 0 Å². The van der Waals surface area contributed by atoms with E-state index in [0.29, 0.717) is 22.1 Å². The molecule has 0 aliphatic rings. The molecule has 0 atom stereocenters. The molecular formula is C14H17O5P. The molecule has 0 amide bonds. The summed E-state index contributed by atoms with van der Waals surface area (Å²) in [7, 11) is -1.13. The van der Waals surface area contributed by atoms with Crippen molar-refractivity contribution in [1.82, 2.24) is 0 Å². The van der Waals surface area contributed by atoms with Crippen LogP contribution in [0.15, 0.2) is 24.3 Å². The minimum absolute atomic E-state index is 0.151. The first-order valence-corrected chi connectivity index (χ1v) is 7.50. The number of aromatic hydroxyl groups is 1. The fourth-order valence-electron chi connectivity index (χ4n) is 2.01. The zero-order valence-electron chi connectivity index (χ0n) is 11.8. The van der Waals surface area contributed by atoms with E-state index < -0.39 is 7.82 Å². The Bertz CT molecular complexity index is 688. The second kappa shape index (κ2) is 5.44. The number of phenols is 1. The highest BCUT2D eigenvalue weighted by molar-refractivity contribution is 7.48. The normalized spacial score (nSPS) is 11.8. The van der Waals surface area contributed by atoms with Gasteiger partial charge in [0.15, 0.2) is 0 Å². The SMILES string of the molecule is COP(=O)(OC)Oc1c(C)cc(O)c2cc(C)ccc12. The molecule has 0 unspecified atom stereocenters. The first-order valence-electron chi connectivity index (χ1n) is 6.04. The summed E-state index contributed by atoms with van der Waals surface area (Å²) in [6.07, 6.45) is 0. The lowest BCUT2D eigenvalue weighted by Gasteiger charge is -2.18. The summed E-state index contributed by atoms with van der Waals surface area (Å²) < 4.78 is 27.2. The number of rotatable bonds is 4. The third kappa shape index (κ3) is 2.66. The summed E-state index contributed by atoms with van der Waals surface area (Å²) in [5.41, 5.74) is 1.65. The maximum absolute atomic E-state index is 12.1. The van der Waals surface area contributed by atoms with Gasteiger partial charge in [0.25, 0.3) is 0 Å². The van der Waals surface area contributed by atoms with Crippen LogP contribution in [0.25, 0.3) is 10.8 Å². The van der Waals surface area contributed by atoms with E-state index in [1.54, 1.807) is 13.0 Å². The van der Waals surface area contributed by atoms with E-state index in [9.17, 15) is 9.67 Å². The van der Waals surface area contributed by atoms with Gasteiger partial charge in [-0.2, -0.15) is 0 Å². The molecule has 5 nitrogen and oxygen atoms in total. The maximum Gasteiger partial charge on any atom is 0.529 e. The summed E-state index contributed by atoms with van der Waals surface area (Å²) in [6.45, 7) is 3.68. The third-order valence-corrected chi connectivity index (χ3v) is 4.36. The van der Waals surface area contributed by atoms with Crippen LogP contribution in [-0.4, -0.2) is 19.3 Å². The van der Waals surface area contributed by atoms with Crippen LogP contribution in [-0.2, 0) is 13.6 Å². The summed E-state index contributed by atoms with van der Waals surface area (Å²) >= 11 is 0. The predicted molar refractivity (Wildman–Crippen MR) is 77.3 cm³/mol. The van der Waals surface area contributed by atoms with E-state index in [4.69, 9.17) is 13.6 Å². The predicted octanol–water partition coefficient (Wildman–Crippen LogP) is 3.94. The molecule has 6 heteroatoms. The minimum Gasteiger partial charge on any atom is -0.507 e. The van der Waals surface area contributed by atoms with Gasteiger partial charge in [-0.15, -0.1) is 0 Å². The molecule has 0 heterocycles. The lowest BCUT2D eigenvalue weighted by Crippen LogP contribution is -1.99. The van der Waals surface area contributed by atoms with E-state index in [2.05, 4.69) is 0 Å². The first-order chi connectivity index (χ1) is 9.40. The average molecular weight is 296 g/mol. The summed E-state index contributed by atoms with van der Waals surface area (Å²) in [5.74, 6) is 0.531. The van der Waals surface area contributed by atoms with Gasteiger partial charge in [0, 0.05) is 25.0 Å². The van der Waals surface area contributed by atoms with Crippen molar-refractivity contribution in [3.8, 4) is 11.5 Å². The van der Waals surface area contributed by atoms with Crippen molar-refractivity contribution in [3.63, 3.8) is 0 Å². The second-order valence-electron chi connectivity index (χ2n) is 4.49. The quantitative estimate of drug-likeness (QED) is 0.866. The molecule has 108 valence electrons. The zero-order chi connectivity index (χ0) is 14.9. The molecule has 2 rings (SSSR count). The van der Waals surface area contributed by atoms with E-state index in [-0.39, 0.29) is 5.75 Å². The summed E-state index contributed by atoms with van der Waals surface area (Å²) in [6, 6.07) is 7.09. The van der Waals surface area contributed by atoms with Crippen molar-refractivity contribution in [2.45, 2.75) is 13.8 Å². The Morgan fingerprint density at radius 3 is 2.30 bits per heavy atom. The number of aryl methyl sites for hydroxylation is 2. The van der Waals surface area contributed by atoms with Gasteiger partial charge in [-0.05, 0) is 31.5 Å². The van der Waals surface area contributed by atoms with E-state index in [1.807, 2.05) is 25.1 Å². The molecule has 0 aliphatic heterocycles. The Kier molecular flexibility index (Phi) is 4.04. The van der Waals surface area contributed by atoms with Gasteiger partial charge >= 0.3 is 7.82 Å². The van der Waals surface area contributed by atoms with Gasteiger partial charge in [-0.3, -0.25) is 9.05 Å². The van der Waals surface area contributed by atoms with Crippen LogP contribution in [0, 0.1) is 13.8 Å². The van der Waals surface area contributed by atoms with Crippen LogP contribution in [0.1, 0.15) is 11.1 Å². The molecule has 0 bridgehead atoms. The smallest absolute Gasteiger partial charge is 0.507 e. The van der Waals surface area contributed by atoms with Gasteiger partial charge < -0.3 is 9.63 Å². The number of phenolic OH excluding ortho intramolecular Hbond substituents is 1. The van der Waals surface area contributed by atoms with Crippen LogP contribution in [0.2, 0.25) is 0 Å². The number of benzene rings is 2. The average Bonchev–Trinajstić information content (AvgIpc) is 2.43. The van der Waals surface area contributed by atoms with Gasteiger partial charge in [-0.1, -0.05) is 17.7 Å². The first kappa shape index (κ1) is 14.9. The van der Waals surface area contributed by atoms with E-state index in [0.717, 1.165) is 5.56 Å². The van der Waals surface area contributed by atoms with Crippen LogP contribution < -0.4 is 4.52 Å². The van der Waals surface area contributed by atoms with Crippen LogP contribution in [0.4, 0.5) is 0 Å². The van der Waals surface area contributed by atoms with Crippen molar-refractivity contribution in [2.24, 2.45) is 0 Å². The Hall–Kier alpha value is -1.55. The Morgan fingerprint density at radius 2 is 1.70 bits per heavy atom. The molecule has 2 aromatic carbocycles. The molecule has 2 aromatic rings. The van der Waals surface area contributed by atoms with Crippen molar-refractivity contribution in [2.75, 3.05) is 14.2 Å². The zero-order valence-corrected chi connectivity index (χ0v) is 12.7. The highest BCUT2D eigenvalue weighted by atomic mass is 31.2. The highest BCUT2D eigenvalue weighted by Crippen LogP contribution is 2.51. The number of phosphoric ester groups is 1. The Morgan fingerprint density at radius 1 is 1.05 bits per heavy atom. The summed E-state index contributed by atoms with van der Waals surface area (Å²) in [4.78, 5) is 0. The number of fused-ring (bicyclic) bond motifs is 1. The molecule has 0 saturated heterocycles. The minimum atomic E-state index is -3.64. The monoisotopic (exact) mass is 296 g/mol. The third-order valence-electron chi connectivity index (χ3n) is 3.06. The van der Waals surface area contributed by atoms with Crippen molar-refractivity contribution < 1.29 is 23.2 Å². The number of hydrogen-bond acceptors (Lipinski definition) is 5. The molecule has 20 heavy (non-hydrogen) atoms. The van der Waals surface area contributed by atoms with Crippen LogP contribution in [0.5, 0.6) is 11.5 Å². The molecular weight excluding hydrogens is 279 g/mol. The maximum atomic E-state index is 12.1. The van der Waals surface area contributed by atoms with E-state index >= 15 is 0 Å². The molecule has 0 saturated carbocycles. The molecule has 1 N–H and O–H groups in total. The highest BCUT2D eigenvalue weighted by Gasteiger charge is 2.27. The van der Waals surface area contributed by atoms with Crippen LogP contribution >= 0.6 is 7.82 Å². The molecule has 0 radical (unpaired) electrons.